The van der Waals surface area contributed by atoms with E-state index in [9.17, 15) is 9.18 Å². The van der Waals surface area contributed by atoms with E-state index in [2.05, 4.69) is 31.9 Å². The Morgan fingerprint density at radius 3 is 2.32 bits per heavy atom. The van der Waals surface area contributed by atoms with Crippen molar-refractivity contribution < 1.29 is 13.9 Å². The van der Waals surface area contributed by atoms with Crippen LogP contribution in [0.1, 0.15) is 10.4 Å². The van der Waals surface area contributed by atoms with Gasteiger partial charge >= 0.3 is 0 Å². The zero-order chi connectivity index (χ0) is 13.8. The molecule has 2 rings (SSSR count). The molecule has 0 atom stereocenters. The molecule has 0 saturated heterocycles. The van der Waals surface area contributed by atoms with E-state index in [1.54, 1.807) is 18.2 Å². The SMILES string of the molecule is O=C(COc1c(Br)cccc1Br)c1ccccc1F. The monoisotopic (exact) mass is 386 g/mol. The highest BCUT2D eigenvalue weighted by Gasteiger charge is 2.13. The second kappa shape index (κ2) is 6.30. The lowest BCUT2D eigenvalue weighted by molar-refractivity contribution is 0.0916. The van der Waals surface area contributed by atoms with Crippen molar-refractivity contribution in [2.24, 2.45) is 0 Å². The minimum absolute atomic E-state index is 0.0330. The van der Waals surface area contributed by atoms with Gasteiger partial charge in [-0.05, 0) is 56.1 Å². The fourth-order valence-electron chi connectivity index (χ4n) is 1.52. The molecule has 0 aliphatic heterocycles. The van der Waals surface area contributed by atoms with Crippen molar-refractivity contribution in [3.63, 3.8) is 0 Å². The van der Waals surface area contributed by atoms with Crippen LogP contribution in [0.25, 0.3) is 0 Å². The Balaban J connectivity index is 2.11. The van der Waals surface area contributed by atoms with Gasteiger partial charge in [0.2, 0.25) is 5.78 Å². The van der Waals surface area contributed by atoms with Crippen LogP contribution >= 0.6 is 31.9 Å². The molecule has 2 aromatic rings. The summed E-state index contributed by atoms with van der Waals surface area (Å²) in [7, 11) is 0. The van der Waals surface area contributed by atoms with Gasteiger partial charge in [-0.25, -0.2) is 4.39 Å². The molecule has 2 nitrogen and oxygen atoms in total. The minimum atomic E-state index is -0.540. The van der Waals surface area contributed by atoms with Crippen LogP contribution in [-0.2, 0) is 0 Å². The second-order valence-electron chi connectivity index (χ2n) is 3.74. The van der Waals surface area contributed by atoms with Crippen molar-refractivity contribution in [2.75, 3.05) is 6.61 Å². The van der Waals surface area contributed by atoms with Crippen molar-refractivity contribution in [3.05, 3.63) is 62.8 Å². The zero-order valence-corrected chi connectivity index (χ0v) is 12.9. The van der Waals surface area contributed by atoms with Crippen LogP contribution in [0.3, 0.4) is 0 Å². The van der Waals surface area contributed by atoms with E-state index in [0.717, 1.165) is 8.95 Å². The lowest BCUT2D eigenvalue weighted by atomic mass is 10.1. The average molecular weight is 388 g/mol. The van der Waals surface area contributed by atoms with Crippen LogP contribution in [0.4, 0.5) is 4.39 Å². The van der Waals surface area contributed by atoms with Crippen LogP contribution < -0.4 is 4.74 Å². The number of halogens is 3. The van der Waals surface area contributed by atoms with Gasteiger partial charge < -0.3 is 4.74 Å². The van der Waals surface area contributed by atoms with E-state index in [-0.39, 0.29) is 12.2 Å². The molecular formula is C14H9Br2FO2. The van der Waals surface area contributed by atoms with Crippen molar-refractivity contribution in [2.45, 2.75) is 0 Å². The summed E-state index contributed by atoms with van der Waals surface area (Å²) >= 11 is 6.66. The van der Waals surface area contributed by atoms with Gasteiger partial charge in [0, 0.05) is 0 Å². The Morgan fingerprint density at radius 1 is 1.05 bits per heavy atom. The van der Waals surface area contributed by atoms with Crippen molar-refractivity contribution >= 4 is 37.6 Å². The highest BCUT2D eigenvalue weighted by molar-refractivity contribution is 9.11. The topological polar surface area (TPSA) is 26.3 Å². The third-order valence-corrected chi connectivity index (χ3v) is 3.69. The molecule has 0 aliphatic rings. The van der Waals surface area contributed by atoms with Gasteiger partial charge in [0.05, 0.1) is 14.5 Å². The maximum Gasteiger partial charge on any atom is 0.203 e. The Kier molecular flexibility index (Phi) is 4.71. The largest absolute Gasteiger partial charge is 0.483 e. The lowest BCUT2D eigenvalue weighted by Crippen LogP contribution is -2.13. The van der Waals surface area contributed by atoms with Gasteiger partial charge in [0.1, 0.15) is 11.6 Å². The average Bonchev–Trinajstić information content (AvgIpc) is 2.38. The first-order valence-electron chi connectivity index (χ1n) is 5.44. The second-order valence-corrected chi connectivity index (χ2v) is 5.45. The maximum absolute atomic E-state index is 13.4. The summed E-state index contributed by atoms with van der Waals surface area (Å²) in [5.41, 5.74) is 0.0330. The molecule has 0 bridgehead atoms. The van der Waals surface area contributed by atoms with E-state index < -0.39 is 11.6 Å². The highest BCUT2D eigenvalue weighted by Crippen LogP contribution is 2.33. The van der Waals surface area contributed by atoms with Gasteiger partial charge in [-0.15, -0.1) is 0 Å². The molecule has 19 heavy (non-hydrogen) atoms. The summed E-state index contributed by atoms with van der Waals surface area (Å²) in [4.78, 5) is 11.9. The summed E-state index contributed by atoms with van der Waals surface area (Å²) in [5, 5.41) is 0. The summed E-state index contributed by atoms with van der Waals surface area (Å²) in [6, 6.07) is 11.3. The number of benzene rings is 2. The summed E-state index contributed by atoms with van der Waals surface area (Å²) < 4.78 is 20.3. The Morgan fingerprint density at radius 2 is 1.68 bits per heavy atom. The quantitative estimate of drug-likeness (QED) is 0.716. The van der Waals surface area contributed by atoms with Crippen LogP contribution in [0.2, 0.25) is 0 Å². The standard InChI is InChI=1S/C14H9Br2FO2/c15-10-5-3-6-11(16)14(10)19-8-13(18)9-4-1-2-7-12(9)17/h1-7H,8H2. The Bertz CT molecular complexity index is 594. The van der Waals surface area contributed by atoms with Crippen molar-refractivity contribution in [1.29, 1.82) is 0 Å². The van der Waals surface area contributed by atoms with E-state index in [1.165, 1.54) is 18.2 Å². The fraction of sp³-hybridized carbons (Fsp3) is 0.0714. The van der Waals surface area contributed by atoms with Gasteiger partial charge in [0.25, 0.3) is 0 Å². The fourth-order valence-corrected chi connectivity index (χ4v) is 2.75. The molecule has 0 unspecified atom stereocenters. The number of Topliss-reactive ketones (excluding diaryl/α,β-unsaturated/α-hetero) is 1. The van der Waals surface area contributed by atoms with Gasteiger partial charge in [-0.3, -0.25) is 4.79 Å². The van der Waals surface area contributed by atoms with Crippen LogP contribution in [0.5, 0.6) is 5.75 Å². The Hall–Kier alpha value is -1.20. The van der Waals surface area contributed by atoms with E-state index >= 15 is 0 Å². The van der Waals surface area contributed by atoms with E-state index in [4.69, 9.17) is 4.74 Å². The van der Waals surface area contributed by atoms with Crippen LogP contribution in [0, 0.1) is 5.82 Å². The third-order valence-electron chi connectivity index (χ3n) is 2.44. The summed E-state index contributed by atoms with van der Waals surface area (Å²) in [6.07, 6.45) is 0. The lowest BCUT2D eigenvalue weighted by Gasteiger charge is -2.09. The predicted octanol–water partition coefficient (Wildman–Crippen LogP) is 4.61. The molecule has 0 aliphatic carbocycles. The normalized spacial score (nSPS) is 10.3. The molecular weight excluding hydrogens is 379 g/mol. The van der Waals surface area contributed by atoms with E-state index in [0.29, 0.717) is 5.75 Å². The molecule has 98 valence electrons. The first-order chi connectivity index (χ1) is 9.09. The molecule has 2 aromatic carbocycles. The third kappa shape index (κ3) is 3.42. The number of hydrogen-bond donors (Lipinski definition) is 0. The molecule has 0 heterocycles. The number of rotatable bonds is 4. The first-order valence-corrected chi connectivity index (χ1v) is 7.02. The molecule has 0 aromatic heterocycles. The number of ketones is 1. The van der Waals surface area contributed by atoms with Crippen molar-refractivity contribution in [3.8, 4) is 5.75 Å². The zero-order valence-electron chi connectivity index (χ0n) is 9.70. The minimum Gasteiger partial charge on any atom is -0.483 e. The number of carbonyl (C=O) groups excluding carboxylic acids is 1. The Labute approximate surface area is 126 Å². The van der Waals surface area contributed by atoms with Crippen LogP contribution in [-0.4, -0.2) is 12.4 Å². The molecule has 5 heteroatoms. The number of hydrogen-bond acceptors (Lipinski definition) is 2. The number of carbonyl (C=O) groups is 1. The predicted molar refractivity (Wildman–Crippen MR) is 78.1 cm³/mol. The summed E-state index contributed by atoms with van der Waals surface area (Å²) in [5.74, 6) is -0.421. The number of ether oxygens (including phenoxy) is 1. The van der Waals surface area contributed by atoms with Crippen molar-refractivity contribution in [1.82, 2.24) is 0 Å². The van der Waals surface area contributed by atoms with Gasteiger partial charge in [-0.1, -0.05) is 18.2 Å². The van der Waals surface area contributed by atoms with E-state index in [1.807, 2.05) is 6.07 Å². The molecule has 0 N–H and O–H groups in total. The molecule has 0 radical (unpaired) electrons. The molecule has 0 saturated carbocycles. The highest BCUT2D eigenvalue weighted by atomic mass is 79.9. The molecule has 0 fully saturated rings. The van der Waals surface area contributed by atoms with Crippen LogP contribution in [0.15, 0.2) is 51.4 Å². The molecule has 0 spiro atoms. The summed E-state index contributed by atoms with van der Waals surface area (Å²) in [6.45, 7) is -0.220. The first kappa shape index (κ1) is 14.2. The van der Waals surface area contributed by atoms with Gasteiger partial charge in [0.15, 0.2) is 6.61 Å². The van der Waals surface area contributed by atoms with Gasteiger partial charge in [-0.2, -0.15) is 0 Å². The maximum atomic E-state index is 13.4. The molecule has 0 amide bonds. The smallest absolute Gasteiger partial charge is 0.203 e. The number of para-hydroxylation sites is 1.